The molecule has 0 aromatic carbocycles. The fourth-order valence-corrected chi connectivity index (χ4v) is 1.82. The Hall–Kier alpha value is -0.0800. The van der Waals surface area contributed by atoms with Crippen molar-refractivity contribution in [2.45, 2.75) is 31.2 Å². The number of ether oxygens (including phenoxy) is 1. The molecular weight excluding hydrogens is 126 g/mol. The summed E-state index contributed by atoms with van der Waals surface area (Å²) in [6, 6.07) is 0. The first kappa shape index (κ1) is 6.62. The van der Waals surface area contributed by atoms with E-state index in [9.17, 15) is 0 Å². The van der Waals surface area contributed by atoms with Crippen LogP contribution in [-0.4, -0.2) is 18.8 Å². The van der Waals surface area contributed by atoms with E-state index in [4.69, 9.17) is 10.5 Å². The number of nitrogens with two attached hydrogens (primary N) is 1. The topological polar surface area (TPSA) is 35.2 Å². The van der Waals surface area contributed by atoms with E-state index in [0.29, 0.717) is 0 Å². The maximum atomic E-state index is 6.14. The Balaban J connectivity index is 1.97. The summed E-state index contributed by atoms with van der Waals surface area (Å²) in [5.41, 5.74) is 6.21. The van der Waals surface area contributed by atoms with Crippen molar-refractivity contribution in [2.24, 2.45) is 11.7 Å². The molecule has 58 valence electrons. The zero-order chi connectivity index (χ0) is 7.03. The van der Waals surface area contributed by atoms with Crippen LogP contribution in [0.1, 0.15) is 25.7 Å². The Morgan fingerprint density at radius 1 is 1.40 bits per heavy atom. The molecule has 0 aromatic heterocycles. The molecule has 0 spiro atoms. The van der Waals surface area contributed by atoms with Gasteiger partial charge in [0.05, 0.1) is 6.61 Å². The van der Waals surface area contributed by atoms with E-state index in [1.165, 1.54) is 19.3 Å². The average Bonchev–Trinajstić information content (AvgIpc) is 2.69. The van der Waals surface area contributed by atoms with Crippen LogP contribution < -0.4 is 5.73 Å². The smallest absolute Gasteiger partial charge is 0.0648 e. The van der Waals surface area contributed by atoms with Gasteiger partial charge in [-0.05, 0) is 31.6 Å². The van der Waals surface area contributed by atoms with E-state index in [2.05, 4.69) is 0 Å². The van der Waals surface area contributed by atoms with Gasteiger partial charge in [0.1, 0.15) is 0 Å². The molecule has 0 bridgehead atoms. The SMILES string of the molecule is NC1(C2CC2)CCCOC1. The molecule has 2 fully saturated rings. The van der Waals surface area contributed by atoms with E-state index in [-0.39, 0.29) is 5.54 Å². The minimum Gasteiger partial charge on any atom is -0.380 e. The summed E-state index contributed by atoms with van der Waals surface area (Å²) in [7, 11) is 0. The van der Waals surface area contributed by atoms with E-state index in [1.54, 1.807) is 0 Å². The van der Waals surface area contributed by atoms with Crippen molar-refractivity contribution in [3.8, 4) is 0 Å². The molecule has 1 aliphatic heterocycles. The number of hydrogen-bond acceptors (Lipinski definition) is 2. The summed E-state index contributed by atoms with van der Waals surface area (Å²) in [6.45, 7) is 1.73. The van der Waals surface area contributed by atoms with Crippen molar-refractivity contribution in [1.82, 2.24) is 0 Å². The van der Waals surface area contributed by atoms with Crippen LogP contribution in [-0.2, 0) is 4.74 Å². The molecule has 1 aliphatic carbocycles. The maximum Gasteiger partial charge on any atom is 0.0648 e. The molecule has 1 saturated heterocycles. The highest BCUT2D eigenvalue weighted by Gasteiger charge is 2.43. The third kappa shape index (κ3) is 1.06. The van der Waals surface area contributed by atoms with Crippen LogP contribution in [0.25, 0.3) is 0 Å². The van der Waals surface area contributed by atoms with Crippen molar-refractivity contribution in [3.63, 3.8) is 0 Å². The summed E-state index contributed by atoms with van der Waals surface area (Å²) in [6.07, 6.45) is 5.00. The maximum absolute atomic E-state index is 6.14. The second-order valence-electron chi connectivity index (χ2n) is 3.66. The largest absolute Gasteiger partial charge is 0.380 e. The fraction of sp³-hybridized carbons (Fsp3) is 1.00. The van der Waals surface area contributed by atoms with Gasteiger partial charge in [-0.15, -0.1) is 0 Å². The minimum absolute atomic E-state index is 0.0677. The molecule has 1 unspecified atom stereocenters. The van der Waals surface area contributed by atoms with E-state index < -0.39 is 0 Å². The number of rotatable bonds is 1. The molecular formula is C8H15NO. The zero-order valence-corrected chi connectivity index (χ0v) is 6.31. The second kappa shape index (κ2) is 2.21. The molecule has 0 aromatic rings. The van der Waals surface area contributed by atoms with Crippen LogP contribution >= 0.6 is 0 Å². The van der Waals surface area contributed by atoms with Gasteiger partial charge in [0, 0.05) is 12.1 Å². The van der Waals surface area contributed by atoms with Gasteiger partial charge in [0.15, 0.2) is 0 Å². The van der Waals surface area contributed by atoms with E-state index in [0.717, 1.165) is 25.6 Å². The molecule has 0 amide bonds. The molecule has 0 radical (unpaired) electrons. The van der Waals surface area contributed by atoms with Crippen LogP contribution in [0.3, 0.4) is 0 Å². The Morgan fingerprint density at radius 3 is 2.70 bits per heavy atom. The van der Waals surface area contributed by atoms with Gasteiger partial charge >= 0.3 is 0 Å². The monoisotopic (exact) mass is 141 g/mol. The summed E-state index contributed by atoms with van der Waals surface area (Å²) >= 11 is 0. The second-order valence-corrected chi connectivity index (χ2v) is 3.66. The van der Waals surface area contributed by atoms with Crippen molar-refractivity contribution < 1.29 is 4.74 Å². The predicted octanol–water partition coefficient (Wildman–Crippen LogP) is 0.904. The lowest BCUT2D eigenvalue weighted by molar-refractivity contribution is 0.0286. The lowest BCUT2D eigenvalue weighted by Crippen LogP contribution is -2.49. The van der Waals surface area contributed by atoms with Gasteiger partial charge in [-0.2, -0.15) is 0 Å². The highest BCUT2D eigenvalue weighted by Crippen LogP contribution is 2.41. The standard InChI is InChI=1S/C8H15NO/c9-8(7-2-3-7)4-1-5-10-6-8/h7H,1-6,9H2. The lowest BCUT2D eigenvalue weighted by atomic mass is 9.88. The fourth-order valence-electron chi connectivity index (χ4n) is 1.82. The molecule has 2 N–H and O–H groups in total. The summed E-state index contributed by atoms with van der Waals surface area (Å²) in [5.74, 6) is 0.785. The molecule has 1 heterocycles. The normalized spacial score (nSPS) is 41.7. The van der Waals surface area contributed by atoms with Gasteiger partial charge in [-0.25, -0.2) is 0 Å². The summed E-state index contributed by atoms with van der Waals surface area (Å²) in [4.78, 5) is 0. The third-order valence-corrected chi connectivity index (χ3v) is 2.69. The Bertz CT molecular complexity index is 125. The highest BCUT2D eigenvalue weighted by atomic mass is 16.5. The van der Waals surface area contributed by atoms with E-state index in [1.807, 2.05) is 0 Å². The van der Waals surface area contributed by atoms with E-state index >= 15 is 0 Å². The Labute approximate surface area is 61.7 Å². The predicted molar refractivity (Wildman–Crippen MR) is 39.7 cm³/mol. The van der Waals surface area contributed by atoms with Crippen molar-refractivity contribution >= 4 is 0 Å². The van der Waals surface area contributed by atoms with Gasteiger partial charge in [0.25, 0.3) is 0 Å². The molecule has 1 saturated carbocycles. The molecule has 2 nitrogen and oxygen atoms in total. The first-order valence-electron chi connectivity index (χ1n) is 4.18. The Kier molecular flexibility index (Phi) is 1.46. The van der Waals surface area contributed by atoms with Gasteiger partial charge < -0.3 is 10.5 Å². The van der Waals surface area contributed by atoms with Crippen molar-refractivity contribution in [3.05, 3.63) is 0 Å². The third-order valence-electron chi connectivity index (χ3n) is 2.69. The molecule has 10 heavy (non-hydrogen) atoms. The number of hydrogen-bond donors (Lipinski definition) is 1. The Morgan fingerprint density at radius 2 is 2.20 bits per heavy atom. The summed E-state index contributed by atoms with van der Waals surface area (Å²) < 4.78 is 5.36. The molecule has 2 aliphatic rings. The zero-order valence-electron chi connectivity index (χ0n) is 6.31. The van der Waals surface area contributed by atoms with Crippen molar-refractivity contribution in [1.29, 1.82) is 0 Å². The quantitative estimate of drug-likeness (QED) is 0.589. The molecule has 2 rings (SSSR count). The molecule has 1 atom stereocenters. The van der Waals surface area contributed by atoms with Crippen LogP contribution in [0.5, 0.6) is 0 Å². The highest BCUT2D eigenvalue weighted by molar-refractivity contribution is 4.99. The van der Waals surface area contributed by atoms with Crippen molar-refractivity contribution in [2.75, 3.05) is 13.2 Å². The lowest BCUT2D eigenvalue weighted by Gasteiger charge is -2.33. The van der Waals surface area contributed by atoms with Gasteiger partial charge in [0.2, 0.25) is 0 Å². The molecule has 2 heteroatoms. The first-order valence-corrected chi connectivity index (χ1v) is 4.18. The van der Waals surface area contributed by atoms with Gasteiger partial charge in [-0.1, -0.05) is 0 Å². The van der Waals surface area contributed by atoms with Crippen LogP contribution in [0, 0.1) is 5.92 Å². The summed E-state index contributed by atoms with van der Waals surface area (Å²) in [5, 5.41) is 0. The van der Waals surface area contributed by atoms with Gasteiger partial charge in [-0.3, -0.25) is 0 Å². The minimum atomic E-state index is 0.0677. The van der Waals surface area contributed by atoms with Crippen LogP contribution in [0.4, 0.5) is 0 Å². The first-order chi connectivity index (χ1) is 4.81. The average molecular weight is 141 g/mol. The van der Waals surface area contributed by atoms with Crippen LogP contribution in [0.2, 0.25) is 0 Å². The van der Waals surface area contributed by atoms with Crippen LogP contribution in [0.15, 0.2) is 0 Å².